The lowest BCUT2D eigenvalue weighted by Crippen LogP contribution is -2.21. The summed E-state index contributed by atoms with van der Waals surface area (Å²) in [6.07, 6.45) is 0. The Morgan fingerprint density at radius 2 is 1.81 bits per heavy atom. The molecule has 0 aliphatic heterocycles. The van der Waals surface area contributed by atoms with Crippen molar-refractivity contribution in [1.82, 2.24) is 5.16 Å². The predicted molar refractivity (Wildman–Crippen MR) is 118 cm³/mol. The number of nitrogens with zero attached hydrogens (tertiary/aromatic N) is 1. The zero-order valence-electron chi connectivity index (χ0n) is 17.1. The van der Waals surface area contributed by atoms with E-state index in [2.05, 4.69) is 24.3 Å². The van der Waals surface area contributed by atoms with Crippen molar-refractivity contribution in [3.8, 4) is 17.0 Å². The van der Waals surface area contributed by atoms with Crippen molar-refractivity contribution in [2.24, 2.45) is 0 Å². The molecule has 0 aliphatic rings. The minimum absolute atomic E-state index is 0.0586. The number of nitrogens with one attached hydrogen (secondary N) is 1. The summed E-state index contributed by atoms with van der Waals surface area (Å²) >= 11 is 12.5. The second-order valence-corrected chi connectivity index (χ2v) is 7.70. The molecule has 0 radical (unpaired) electrons. The van der Waals surface area contributed by atoms with Crippen LogP contribution >= 0.6 is 23.2 Å². The maximum absolute atomic E-state index is 12.4. The van der Waals surface area contributed by atoms with Gasteiger partial charge in [-0.2, -0.15) is 0 Å². The maximum Gasteiger partial charge on any atom is 0.345 e. The standard InChI is InChI=1S/C22H20Cl2N2O5/c1-12(2)13-6-4-7-14(10-13)30-11-17(27)25-21-19(22(28)29-3)20(26-31-21)18-15(23)8-5-9-16(18)24/h4-10,12H,11H2,1-3H3,(H,25,27). The Labute approximate surface area is 189 Å². The second-order valence-electron chi connectivity index (χ2n) is 6.89. The smallest absolute Gasteiger partial charge is 0.345 e. The maximum atomic E-state index is 12.4. The lowest BCUT2D eigenvalue weighted by atomic mass is 10.0. The van der Waals surface area contributed by atoms with Gasteiger partial charge in [0.05, 0.1) is 17.2 Å². The lowest BCUT2D eigenvalue weighted by molar-refractivity contribution is -0.118. The molecular weight excluding hydrogens is 443 g/mol. The van der Waals surface area contributed by atoms with E-state index in [1.807, 2.05) is 18.2 Å². The summed E-state index contributed by atoms with van der Waals surface area (Å²) in [4.78, 5) is 24.8. The predicted octanol–water partition coefficient (Wildman–Crippen LogP) is 5.58. The number of carbonyl (C=O) groups excluding carboxylic acids is 2. The minimum Gasteiger partial charge on any atom is -0.484 e. The Bertz CT molecular complexity index is 1090. The highest BCUT2D eigenvalue weighted by atomic mass is 35.5. The first-order valence-electron chi connectivity index (χ1n) is 9.36. The number of aromatic nitrogens is 1. The van der Waals surface area contributed by atoms with Gasteiger partial charge in [0.25, 0.3) is 5.91 Å². The van der Waals surface area contributed by atoms with E-state index in [0.29, 0.717) is 11.7 Å². The molecule has 1 N–H and O–H groups in total. The van der Waals surface area contributed by atoms with Gasteiger partial charge in [-0.3, -0.25) is 10.1 Å². The molecule has 3 aromatic rings. The molecule has 9 heteroatoms. The van der Waals surface area contributed by atoms with Crippen LogP contribution in [0.1, 0.15) is 35.7 Å². The molecule has 3 rings (SSSR count). The molecule has 0 fully saturated rings. The molecule has 1 amide bonds. The van der Waals surface area contributed by atoms with Crippen molar-refractivity contribution in [1.29, 1.82) is 0 Å². The van der Waals surface area contributed by atoms with Crippen LogP contribution in [0.4, 0.5) is 5.88 Å². The molecule has 162 valence electrons. The molecule has 0 saturated heterocycles. The third kappa shape index (κ3) is 5.18. The summed E-state index contributed by atoms with van der Waals surface area (Å²) in [7, 11) is 1.20. The number of methoxy groups -OCH3 is 1. The molecule has 7 nitrogen and oxygen atoms in total. The number of ether oxygens (including phenoxy) is 2. The largest absolute Gasteiger partial charge is 0.484 e. The van der Waals surface area contributed by atoms with Crippen LogP contribution in [-0.4, -0.2) is 30.7 Å². The molecule has 0 atom stereocenters. The molecule has 1 heterocycles. The first kappa shape index (κ1) is 22.7. The first-order valence-corrected chi connectivity index (χ1v) is 10.1. The van der Waals surface area contributed by atoms with E-state index in [1.165, 1.54) is 7.11 Å². The van der Waals surface area contributed by atoms with Gasteiger partial charge in [0.15, 0.2) is 12.2 Å². The van der Waals surface area contributed by atoms with Gasteiger partial charge >= 0.3 is 5.97 Å². The van der Waals surface area contributed by atoms with Gasteiger partial charge in [-0.1, -0.05) is 60.4 Å². The van der Waals surface area contributed by atoms with Gasteiger partial charge in [0, 0.05) is 5.56 Å². The normalized spacial score (nSPS) is 10.8. The zero-order chi connectivity index (χ0) is 22.5. The van der Waals surface area contributed by atoms with Crippen LogP contribution < -0.4 is 10.1 Å². The van der Waals surface area contributed by atoms with Gasteiger partial charge in [-0.25, -0.2) is 4.79 Å². The quantitative estimate of drug-likeness (QED) is 0.461. The number of anilines is 1. The first-order chi connectivity index (χ1) is 14.8. The van der Waals surface area contributed by atoms with Crippen LogP contribution in [0, 0.1) is 0 Å². The third-order valence-corrected chi connectivity index (χ3v) is 5.06. The Kier molecular flexibility index (Phi) is 7.20. The average Bonchev–Trinajstić information content (AvgIpc) is 3.14. The van der Waals surface area contributed by atoms with Crippen molar-refractivity contribution in [3.05, 3.63) is 63.6 Å². The number of carbonyl (C=O) groups is 2. The summed E-state index contributed by atoms with van der Waals surface area (Å²) < 4.78 is 15.6. The fourth-order valence-corrected chi connectivity index (χ4v) is 3.41. The lowest BCUT2D eigenvalue weighted by Gasteiger charge is -2.10. The van der Waals surface area contributed by atoms with E-state index in [0.717, 1.165) is 5.56 Å². The highest BCUT2D eigenvalue weighted by Crippen LogP contribution is 2.38. The highest BCUT2D eigenvalue weighted by Gasteiger charge is 2.28. The number of hydrogen-bond acceptors (Lipinski definition) is 6. The number of rotatable bonds is 7. The summed E-state index contributed by atoms with van der Waals surface area (Å²) in [6.45, 7) is 3.82. The van der Waals surface area contributed by atoms with Crippen LogP contribution in [0.3, 0.4) is 0 Å². The van der Waals surface area contributed by atoms with Gasteiger partial charge in [0.1, 0.15) is 11.4 Å². The molecule has 2 aromatic carbocycles. The summed E-state index contributed by atoms with van der Waals surface area (Å²) in [5.41, 5.74) is 1.33. The molecule has 0 spiro atoms. The van der Waals surface area contributed by atoms with E-state index >= 15 is 0 Å². The zero-order valence-corrected chi connectivity index (χ0v) is 18.6. The Morgan fingerprint density at radius 3 is 2.45 bits per heavy atom. The summed E-state index contributed by atoms with van der Waals surface area (Å²) in [6, 6.07) is 12.3. The Balaban J connectivity index is 1.81. The summed E-state index contributed by atoms with van der Waals surface area (Å²) in [5.74, 6) is -0.636. The van der Waals surface area contributed by atoms with Crippen molar-refractivity contribution >= 4 is 41.0 Å². The Hall–Kier alpha value is -3.03. The molecule has 1 aromatic heterocycles. The summed E-state index contributed by atoms with van der Waals surface area (Å²) in [5, 5.41) is 6.88. The van der Waals surface area contributed by atoms with Crippen LogP contribution in [0.5, 0.6) is 5.75 Å². The molecule has 0 unspecified atom stereocenters. The van der Waals surface area contributed by atoms with Crippen LogP contribution in [-0.2, 0) is 9.53 Å². The fourth-order valence-electron chi connectivity index (χ4n) is 2.84. The van der Waals surface area contributed by atoms with Crippen LogP contribution in [0.2, 0.25) is 10.0 Å². The molecular formula is C22H20Cl2N2O5. The van der Waals surface area contributed by atoms with E-state index in [-0.39, 0.29) is 39.4 Å². The van der Waals surface area contributed by atoms with Crippen molar-refractivity contribution < 1.29 is 23.6 Å². The number of amides is 1. The fraction of sp³-hybridized carbons (Fsp3) is 0.227. The number of hydrogen-bond donors (Lipinski definition) is 1. The van der Waals surface area contributed by atoms with E-state index in [1.54, 1.807) is 24.3 Å². The molecule has 0 saturated carbocycles. The van der Waals surface area contributed by atoms with E-state index in [9.17, 15) is 9.59 Å². The molecule has 0 aliphatic carbocycles. The van der Waals surface area contributed by atoms with Crippen molar-refractivity contribution in [2.75, 3.05) is 19.0 Å². The number of esters is 1. The van der Waals surface area contributed by atoms with Gasteiger partial charge < -0.3 is 14.0 Å². The SMILES string of the molecule is COC(=O)c1c(-c2c(Cl)cccc2Cl)noc1NC(=O)COc1cccc(C(C)C)c1. The van der Waals surface area contributed by atoms with E-state index in [4.69, 9.17) is 37.2 Å². The number of halogens is 2. The Morgan fingerprint density at radius 1 is 1.13 bits per heavy atom. The minimum atomic E-state index is -0.770. The third-order valence-electron chi connectivity index (χ3n) is 4.43. The van der Waals surface area contributed by atoms with Gasteiger partial charge in [0.2, 0.25) is 5.88 Å². The van der Waals surface area contributed by atoms with Crippen molar-refractivity contribution in [3.63, 3.8) is 0 Å². The molecule has 31 heavy (non-hydrogen) atoms. The van der Waals surface area contributed by atoms with Gasteiger partial charge in [-0.15, -0.1) is 0 Å². The van der Waals surface area contributed by atoms with Gasteiger partial charge in [-0.05, 0) is 35.7 Å². The van der Waals surface area contributed by atoms with E-state index < -0.39 is 11.9 Å². The second kappa shape index (κ2) is 9.85. The topological polar surface area (TPSA) is 90.7 Å². The monoisotopic (exact) mass is 462 g/mol. The van der Waals surface area contributed by atoms with Crippen molar-refractivity contribution in [2.45, 2.75) is 19.8 Å². The van der Waals surface area contributed by atoms with Crippen LogP contribution in [0.25, 0.3) is 11.3 Å². The molecule has 0 bridgehead atoms. The van der Waals surface area contributed by atoms with Crippen LogP contribution in [0.15, 0.2) is 47.0 Å². The number of benzene rings is 2. The average molecular weight is 463 g/mol. The highest BCUT2D eigenvalue weighted by molar-refractivity contribution is 6.39.